The molecular weight excluding hydrogens is 190 g/mol. The van der Waals surface area contributed by atoms with Gasteiger partial charge < -0.3 is 15.3 Å². The smallest absolute Gasteiger partial charge is 0.129 e. The molecular formula is C12H17NO2. The highest BCUT2D eigenvalue weighted by Crippen LogP contribution is 2.13. The van der Waals surface area contributed by atoms with Gasteiger partial charge in [-0.05, 0) is 44.0 Å². The van der Waals surface area contributed by atoms with E-state index in [0.717, 1.165) is 24.3 Å². The van der Waals surface area contributed by atoms with Crippen molar-refractivity contribution in [3.05, 3.63) is 24.3 Å². The van der Waals surface area contributed by atoms with Gasteiger partial charge in [0, 0.05) is 12.1 Å². The van der Waals surface area contributed by atoms with E-state index >= 15 is 0 Å². The zero-order chi connectivity index (χ0) is 11.1. The lowest BCUT2D eigenvalue weighted by Crippen LogP contribution is -1.99. The monoisotopic (exact) mass is 207 g/mol. The molecule has 0 unspecified atom stereocenters. The minimum Gasteiger partial charge on any atom is -0.494 e. The molecule has 0 aliphatic carbocycles. The number of unbranched alkanes of at least 4 members (excludes halogenated alkanes) is 1. The summed E-state index contributed by atoms with van der Waals surface area (Å²) < 4.78 is 5.48. The first-order valence-corrected chi connectivity index (χ1v) is 5.16. The molecule has 3 nitrogen and oxygen atoms in total. The molecule has 0 aliphatic rings. The number of ketones is 1. The minimum absolute atomic E-state index is 0.238. The van der Waals surface area contributed by atoms with Gasteiger partial charge in [-0.3, -0.25) is 0 Å². The van der Waals surface area contributed by atoms with Crippen molar-refractivity contribution in [3.63, 3.8) is 0 Å². The molecule has 0 aromatic heterocycles. The first-order chi connectivity index (χ1) is 7.18. The van der Waals surface area contributed by atoms with Crippen LogP contribution in [0.15, 0.2) is 24.3 Å². The van der Waals surface area contributed by atoms with E-state index in [9.17, 15) is 4.79 Å². The standard InChI is InChI=1S/C12H17NO2/c1-10(14)4-2-3-9-15-12-7-5-11(13)6-8-12/h5-8H,2-4,9,13H2,1H3. The Morgan fingerprint density at radius 1 is 1.27 bits per heavy atom. The molecule has 1 rings (SSSR count). The maximum atomic E-state index is 10.7. The highest BCUT2D eigenvalue weighted by molar-refractivity contribution is 5.75. The van der Waals surface area contributed by atoms with Crippen LogP contribution in [-0.4, -0.2) is 12.4 Å². The summed E-state index contributed by atoms with van der Waals surface area (Å²) >= 11 is 0. The second-order valence-corrected chi connectivity index (χ2v) is 3.58. The summed E-state index contributed by atoms with van der Waals surface area (Å²) in [5.41, 5.74) is 6.28. The van der Waals surface area contributed by atoms with Crippen molar-refractivity contribution in [1.82, 2.24) is 0 Å². The van der Waals surface area contributed by atoms with E-state index in [2.05, 4.69) is 0 Å². The van der Waals surface area contributed by atoms with Gasteiger partial charge in [-0.25, -0.2) is 0 Å². The van der Waals surface area contributed by atoms with Crippen LogP contribution in [-0.2, 0) is 4.79 Å². The summed E-state index contributed by atoms with van der Waals surface area (Å²) in [6.07, 6.45) is 2.44. The van der Waals surface area contributed by atoms with Gasteiger partial charge in [-0.1, -0.05) is 0 Å². The Kier molecular flexibility index (Phi) is 4.68. The molecule has 1 aromatic carbocycles. The predicted octanol–water partition coefficient (Wildman–Crippen LogP) is 2.41. The molecule has 3 heteroatoms. The van der Waals surface area contributed by atoms with Crippen molar-refractivity contribution in [3.8, 4) is 5.75 Å². The molecule has 0 heterocycles. The fraction of sp³-hybridized carbons (Fsp3) is 0.417. The van der Waals surface area contributed by atoms with Gasteiger partial charge in [0.1, 0.15) is 11.5 Å². The summed E-state index contributed by atoms with van der Waals surface area (Å²) in [6, 6.07) is 7.32. The highest BCUT2D eigenvalue weighted by atomic mass is 16.5. The first-order valence-electron chi connectivity index (χ1n) is 5.16. The van der Waals surface area contributed by atoms with Crippen LogP contribution in [0.1, 0.15) is 26.2 Å². The number of carbonyl (C=O) groups is 1. The molecule has 1 aromatic rings. The molecule has 82 valence electrons. The van der Waals surface area contributed by atoms with Gasteiger partial charge in [0.15, 0.2) is 0 Å². The molecule has 0 amide bonds. The maximum absolute atomic E-state index is 10.7. The van der Waals surface area contributed by atoms with Crippen molar-refractivity contribution in [1.29, 1.82) is 0 Å². The van der Waals surface area contributed by atoms with Crippen molar-refractivity contribution in [2.24, 2.45) is 0 Å². The number of nitrogen functional groups attached to an aromatic ring is 1. The molecule has 0 atom stereocenters. The average Bonchev–Trinajstić information content (AvgIpc) is 2.20. The number of benzene rings is 1. The summed E-state index contributed by atoms with van der Waals surface area (Å²) in [5, 5.41) is 0. The zero-order valence-corrected chi connectivity index (χ0v) is 9.03. The van der Waals surface area contributed by atoms with Crippen molar-refractivity contribution >= 4 is 11.5 Å². The van der Waals surface area contributed by atoms with Crippen LogP contribution in [0.5, 0.6) is 5.75 Å². The van der Waals surface area contributed by atoms with Gasteiger partial charge in [-0.2, -0.15) is 0 Å². The number of nitrogens with two attached hydrogens (primary N) is 1. The quantitative estimate of drug-likeness (QED) is 0.575. The van der Waals surface area contributed by atoms with Crippen LogP contribution in [0.4, 0.5) is 5.69 Å². The Morgan fingerprint density at radius 2 is 1.93 bits per heavy atom. The third-order valence-corrected chi connectivity index (χ3v) is 2.07. The number of anilines is 1. The van der Waals surface area contributed by atoms with Crippen molar-refractivity contribution in [2.45, 2.75) is 26.2 Å². The Morgan fingerprint density at radius 3 is 2.53 bits per heavy atom. The average molecular weight is 207 g/mol. The van der Waals surface area contributed by atoms with E-state index in [-0.39, 0.29) is 5.78 Å². The summed E-state index contributed by atoms with van der Waals surface area (Å²) in [4.78, 5) is 10.7. The lowest BCUT2D eigenvalue weighted by molar-refractivity contribution is -0.117. The third kappa shape index (κ3) is 5.05. The molecule has 0 bridgehead atoms. The molecule has 2 N–H and O–H groups in total. The van der Waals surface area contributed by atoms with Crippen molar-refractivity contribution < 1.29 is 9.53 Å². The van der Waals surface area contributed by atoms with Crippen LogP contribution in [0.25, 0.3) is 0 Å². The first kappa shape index (κ1) is 11.6. The van der Waals surface area contributed by atoms with Crippen molar-refractivity contribution in [2.75, 3.05) is 12.3 Å². The number of hydrogen-bond acceptors (Lipinski definition) is 3. The van der Waals surface area contributed by atoms with Crippen LogP contribution < -0.4 is 10.5 Å². The van der Waals surface area contributed by atoms with E-state index < -0.39 is 0 Å². The highest BCUT2D eigenvalue weighted by Gasteiger charge is 1.95. The third-order valence-electron chi connectivity index (χ3n) is 2.07. The Balaban J connectivity index is 2.15. The number of Topliss-reactive ketones (excluding diaryl/α,β-unsaturated/α-hetero) is 1. The van der Waals surface area contributed by atoms with Gasteiger partial charge in [0.2, 0.25) is 0 Å². The number of rotatable bonds is 6. The van der Waals surface area contributed by atoms with E-state index in [1.807, 2.05) is 24.3 Å². The SMILES string of the molecule is CC(=O)CCCCOc1ccc(N)cc1. The van der Waals surface area contributed by atoms with Gasteiger partial charge >= 0.3 is 0 Å². The Hall–Kier alpha value is -1.51. The number of ether oxygens (including phenoxy) is 1. The molecule has 0 saturated carbocycles. The van der Waals surface area contributed by atoms with Gasteiger partial charge in [-0.15, -0.1) is 0 Å². The Labute approximate surface area is 90.2 Å². The summed E-state index contributed by atoms with van der Waals surface area (Å²) in [6.45, 7) is 2.26. The van der Waals surface area contributed by atoms with Crippen LogP contribution in [0.3, 0.4) is 0 Å². The van der Waals surface area contributed by atoms with Gasteiger partial charge in [0.25, 0.3) is 0 Å². The summed E-state index contributed by atoms with van der Waals surface area (Å²) in [5.74, 6) is 1.06. The normalized spacial score (nSPS) is 9.93. The molecule has 0 fully saturated rings. The van der Waals surface area contributed by atoms with E-state index in [1.54, 1.807) is 6.92 Å². The largest absolute Gasteiger partial charge is 0.494 e. The lowest BCUT2D eigenvalue weighted by atomic mass is 10.2. The predicted molar refractivity (Wildman–Crippen MR) is 60.9 cm³/mol. The fourth-order valence-corrected chi connectivity index (χ4v) is 1.23. The summed E-state index contributed by atoms with van der Waals surface area (Å²) in [7, 11) is 0. The molecule has 0 radical (unpaired) electrons. The van der Waals surface area contributed by atoms with Crippen LogP contribution in [0, 0.1) is 0 Å². The minimum atomic E-state index is 0.238. The second kappa shape index (κ2) is 6.06. The molecule has 0 saturated heterocycles. The fourth-order valence-electron chi connectivity index (χ4n) is 1.23. The molecule has 0 aliphatic heterocycles. The molecule has 15 heavy (non-hydrogen) atoms. The number of hydrogen-bond donors (Lipinski definition) is 1. The van der Waals surface area contributed by atoms with Crippen LogP contribution >= 0.6 is 0 Å². The second-order valence-electron chi connectivity index (χ2n) is 3.58. The van der Waals surface area contributed by atoms with E-state index in [0.29, 0.717) is 13.0 Å². The maximum Gasteiger partial charge on any atom is 0.129 e. The topological polar surface area (TPSA) is 52.3 Å². The Bertz CT molecular complexity index is 306. The van der Waals surface area contributed by atoms with Crippen LogP contribution in [0.2, 0.25) is 0 Å². The van der Waals surface area contributed by atoms with Gasteiger partial charge in [0.05, 0.1) is 6.61 Å². The van der Waals surface area contributed by atoms with E-state index in [4.69, 9.17) is 10.5 Å². The zero-order valence-electron chi connectivity index (χ0n) is 9.03. The molecule has 0 spiro atoms. The van der Waals surface area contributed by atoms with E-state index in [1.165, 1.54) is 0 Å². The lowest BCUT2D eigenvalue weighted by Gasteiger charge is -2.05. The number of carbonyl (C=O) groups excluding carboxylic acids is 1.